The van der Waals surface area contributed by atoms with Crippen LogP contribution >= 0.6 is 0 Å². The first-order chi connectivity index (χ1) is 11.9. The Labute approximate surface area is 145 Å². The van der Waals surface area contributed by atoms with Crippen LogP contribution in [0.1, 0.15) is 25.0 Å². The number of nitriles is 1. The van der Waals surface area contributed by atoms with Gasteiger partial charge in [-0.15, -0.1) is 5.11 Å². The van der Waals surface area contributed by atoms with Crippen molar-refractivity contribution in [3.63, 3.8) is 0 Å². The fourth-order valence-electron chi connectivity index (χ4n) is 2.35. The van der Waals surface area contributed by atoms with E-state index in [1.165, 1.54) is 4.57 Å². The number of ether oxygens (including phenoxy) is 1. The predicted molar refractivity (Wildman–Crippen MR) is 93.8 cm³/mol. The van der Waals surface area contributed by atoms with Gasteiger partial charge in [0.15, 0.2) is 5.69 Å². The molecule has 0 aliphatic heterocycles. The van der Waals surface area contributed by atoms with Gasteiger partial charge >= 0.3 is 0 Å². The van der Waals surface area contributed by atoms with Crippen molar-refractivity contribution in [1.82, 2.24) is 4.57 Å². The maximum absolute atomic E-state index is 12.7. The first-order valence-corrected chi connectivity index (χ1v) is 7.81. The fraction of sp³-hybridized carbons (Fsp3) is 0.333. The Morgan fingerprint density at radius 1 is 1.28 bits per heavy atom. The number of azo groups is 1. The zero-order chi connectivity index (χ0) is 18.6. The number of aromatic hydroxyl groups is 1. The van der Waals surface area contributed by atoms with Crippen molar-refractivity contribution in [2.75, 3.05) is 7.11 Å². The van der Waals surface area contributed by atoms with Gasteiger partial charge in [-0.05, 0) is 37.1 Å². The topological polar surface area (TPSA) is 100.0 Å². The summed E-state index contributed by atoms with van der Waals surface area (Å²) in [5, 5.41) is 27.6. The lowest BCUT2D eigenvalue weighted by molar-refractivity contribution is 0.381. The summed E-state index contributed by atoms with van der Waals surface area (Å²) in [6, 6.07) is 8.80. The third-order valence-electron chi connectivity index (χ3n) is 3.65. The highest BCUT2D eigenvalue weighted by Crippen LogP contribution is 2.27. The molecule has 0 unspecified atom stereocenters. The van der Waals surface area contributed by atoms with E-state index in [9.17, 15) is 15.2 Å². The second-order valence-corrected chi connectivity index (χ2v) is 5.99. The molecule has 0 saturated carbocycles. The van der Waals surface area contributed by atoms with E-state index >= 15 is 0 Å². The minimum atomic E-state index is -0.472. The molecule has 0 aliphatic carbocycles. The molecule has 2 aromatic rings. The van der Waals surface area contributed by atoms with Gasteiger partial charge in [-0.2, -0.15) is 10.4 Å². The van der Waals surface area contributed by atoms with Crippen LogP contribution in [0.15, 0.2) is 39.3 Å². The third-order valence-corrected chi connectivity index (χ3v) is 3.65. The van der Waals surface area contributed by atoms with Crippen molar-refractivity contribution in [1.29, 1.82) is 5.26 Å². The number of rotatable bonds is 5. The summed E-state index contributed by atoms with van der Waals surface area (Å²) < 4.78 is 6.24. The second kappa shape index (κ2) is 7.62. The SMILES string of the molecule is COc1ccc(N=Nc2c(C)c(C#N)c(O)n(CC(C)C)c2=O)cc1. The Hall–Kier alpha value is -3.14. The molecule has 2 rings (SSSR count). The molecule has 1 heterocycles. The number of aromatic nitrogens is 1. The number of nitrogens with zero attached hydrogens (tertiary/aromatic N) is 4. The molecule has 0 atom stereocenters. The van der Waals surface area contributed by atoms with E-state index in [1.807, 2.05) is 19.9 Å². The lowest BCUT2D eigenvalue weighted by Crippen LogP contribution is -2.24. The molecular formula is C18H20N4O3. The average molecular weight is 340 g/mol. The van der Waals surface area contributed by atoms with Gasteiger partial charge in [-0.25, -0.2) is 0 Å². The Kier molecular flexibility index (Phi) is 5.55. The van der Waals surface area contributed by atoms with Crippen molar-refractivity contribution in [3.05, 3.63) is 45.7 Å². The minimum Gasteiger partial charge on any atom is -0.497 e. The number of pyridine rings is 1. The van der Waals surface area contributed by atoms with Gasteiger partial charge in [-0.1, -0.05) is 13.8 Å². The number of methoxy groups -OCH3 is 1. The molecule has 7 heteroatoms. The monoisotopic (exact) mass is 340 g/mol. The Morgan fingerprint density at radius 2 is 1.92 bits per heavy atom. The van der Waals surface area contributed by atoms with E-state index in [2.05, 4.69) is 10.2 Å². The summed E-state index contributed by atoms with van der Waals surface area (Å²) in [5.74, 6) is 0.470. The number of benzene rings is 1. The number of hydrogen-bond donors (Lipinski definition) is 1. The largest absolute Gasteiger partial charge is 0.497 e. The Bertz CT molecular complexity index is 891. The molecule has 1 aromatic carbocycles. The molecule has 0 amide bonds. The average Bonchev–Trinajstić information content (AvgIpc) is 2.59. The van der Waals surface area contributed by atoms with Gasteiger partial charge in [0, 0.05) is 12.1 Å². The maximum atomic E-state index is 12.7. The lowest BCUT2D eigenvalue weighted by atomic mass is 10.1. The normalized spacial score (nSPS) is 11.0. The smallest absolute Gasteiger partial charge is 0.281 e. The van der Waals surface area contributed by atoms with E-state index in [4.69, 9.17) is 4.74 Å². The molecular weight excluding hydrogens is 320 g/mol. The van der Waals surface area contributed by atoms with Crippen molar-refractivity contribution in [3.8, 4) is 17.7 Å². The lowest BCUT2D eigenvalue weighted by Gasteiger charge is -2.14. The quantitative estimate of drug-likeness (QED) is 0.836. The van der Waals surface area contributed by atoms with Crippen LogP contribution in [0.3, 0.4) is 0 Å². The second-order valence-electron chi connectivity index (χ2n) is 5.99. The van der Waals surface area contributed by atoms with Gasteiger partial charge < -0.3 is 9.84 Å². The highest BCUT2D eigenvalue weighted by atomic mass is 16.5. The Morgan fingerprint density at radius 3 is 2.44 bits per heavy atom. The van der Waals surface area contributed by atoms with E-state index in [0.29, 0.717) is 17.0 Å². The Balaban J connectivity index is 2.54. The summed E-state index contributed by atoms with van der Waals surface area (Å²) in [4.78, 5) is 12.7. The molecule has 0 bridgehead atoms. The third kappa shape index (κ3) is 3.86. The van der Waals surface area contributed by atoms with Crippen LogP contribution in [0, 0.1) is 24.2 Å². The van der Waals surface area contributed by atoms with E-state index < -0.39 is 5.56 Å². The highest BCUT2D eigenvalue weighted by Gasteiger charge is 2.19. The zero-order valence-electron chi connectivity index (χ0n) is 14.6. The molecule has 130 valence electrons. The summed E-state index contributed by atoms with van der Waals surface area (Å²) >= 11 is 0. The van der Waals surface area contributed by atoms with Gasteiger partial charge in [0.2, 0.25) is 5.88 Å². The molecule has 0 spiro atoms. The van der Waals surface area contributed by atoms with E-state index in [0.717, 1.165) is 0 Å². The number of hydrogen-bond acceptors (Lipinski definition) is 6. The van der Waals surface area contributed by atoms with Gasteiger partial charge in [0.25, 0.3) is 5.56 Å². The molecule has 1 aromatic heterocycles. The molecule has 0 radical (unpaired) electrons. The summed E-state index contributed by atoms with van der Waals surface area (Å²) in [7, 11) is 1.57. The van der Waals surface area contributed by atoms with Crippen LogP contribution in [0.5, 0.6) is 11.6 Å². The van der Waals surface area contributed by atoms with Crippen molar-refractivity contribution in [2.24, 2.45) is 16.1 Å². The van der Waals surface area contributed by atoms with Gasteiger partial charge in [-0.3, -0.25) is 9.36 Å². The van der Waals surface area contributed by atoms with E-state index in [1.54, 1.807) is 38.3 Å². The first kappa shape index (κ1) is 18.2. The summed E-state index contributed by atoms with van der Waals surface area (Å²) in [5.41, 5.74) is 0.457. The molecule has 0 fully saturated rings. The molecule has 25 heavy (non-hydrogen) atoms. The zero-order valence-corrected chi connectivity index (χ0v) is 14.6. The molecule has 0 saturated heterocycles. The fourth-order valence-corrected chi connectivity index (χ4v) is 2.35. The first-order valence-electron chi connectivity index (χ1n) is 7.81. The molecule has 7 nitrogen and oxygen atoms in total. The van der Waals surface area contributed by atoms with Crippen LogP contribution in [-0.2, 0) is 6.54 Å². The van der Waals surface area contributed by atoms with Gasteiger partial charge in [0.05, 0.1) is 12.8 Å². The molecule has 1 N–H and O–H groups in total. The summed E-state index contributed by atoms with van der Waals surface area (Å²) in [6.07, 6.45) is 0. The standard InChI is InChI=1S/C18H20N4O3/c1-11(2)10-22-17(23)15(9-19)12(3)16(18(22)24)21-20-13-5-7-14(25-4)8-6-13/h5-8,11,23H,10H2,1-4H3. The summed E-state index contributed by atoms with van der Waals surface area (Å²) in [6.45, 7) is 5.68. The van der Waals surface area contributed by atoms with Crippen LogP contribution < -0.4 is 10.3 Å². The van der Waals surface area contributed by atoms with Crippen molar-refractivity contribution in [2.45, 2.75) is 27.3 Å². The minimum absolute atomic E-state index is 0.0314. The molecule has 0 aliphatic rings. The van der Waals surface area contributed by atoms with Crippen LogP contribution in [0.4, 0.5) is 11.4 Å². The van der Waals surface area contributed by atoms with Crippen LogP contribution in [0.25, 0.3) is 0 Å². The van der Waals surface area contributed by atoms with Gasteiger partial charge in [0.1, 0.15) is 17.4 Å². The van der Waals surface area contributed by atoms with Crippen LogP contribution in [0.2, 0.25) is 0 Å². The maximum Gasteiger partial charge on any atom is 0.281 e. The predicted octanol–water partition coefficient (Wildman–Crippen LogP) is 3.81. The highest BCUT2D eigenvalue weighted by molar-refractivity contribution is 5.56. The van der Waals surface area contributed by atoms with Crippen LogP contribution in [-0.4, -0.2) is 16.8 Å². The van der Waals surface area contributed by atoms with Crippen molar-refractivity contribution < 1.29 is 9.84 Å². The van der Waals surface area contributed by atoms with E-state index in [-0.39, 0.29) is 29.6 Å². The van der Waals surface area contributed by atoms with Crippen molar-refractivity contribution >= 4 is 11.4 Å².